The summed E-state index contributed by atoms with van der Waals surface area (Å²) in [6.45, 7) is 11.9. The van der Waals surface area contributed by atoms with Crippen LogP contribution >= 0.6 is 11.8 Å². The molecule has 0 spiro atoms. The average Bonchev–Trinajstić information content (AvgIpc) is 3.18. The fourth-order valence-electron chi connectivity index (χ4n) is 3.25. The van der Waals surface area contributed by atoms with E-state index in [0.29, 0.717) is 48.5 Å². The van der Waals surface area contributed by atoms with Gasteiger partial charge in [0.25, 0.3) is 5.91 Å². The smallest absolute Gasteiger partial charge is 0.251 e. The summed E-state index contributed by atoms with van der Waals surface area (Å²) in [6.07, 6.45) is 1.77. The highest BCUT2D eigenvalue weighted by Crippen LogP contribution is 2.28. The van der Waals surface area contributed by atoms with Crippen molar-refractivity contribution in [2.75, 3.05) is 30.8 Å². The van der Waals surface area contributed by atoms with Crippen molar-refractivity contribution in [2.45, 2.75) is 52.4 Å². The molecule has 2 aromatic heterocycles. The van der Waals surface area contributed by atoms with E-state index in [1.54, 1.807) is 40.8 Å². The Kier molecular flexibility index (Phi) is 8.76. The predicted octanol–water partition coefficient (Wildman–Crippen LogP) is 3.99. The Hall–Kier alpha value is -3.01. The molecular weight excluding hydrogens is 440 g/mol. The van der Waals surface area contributed by atoms with E-state index in [1.807, 2.05) is 13.8 Å². The van der Waals surface area contributed by atoms with Crippen molar-refractivity contribution in [2.24, 2.45) is 0 Å². The number of carbonyl (C=O) groups is 1. The van der Waals surface area contributed by atoms with Gasteiger partial charge in [-0.1, -0.05) is 18.7 Å². The van der Waals surface area contributed by atoms with Crippen LogP contribution in [0, 0.1) is 0 Å². The van der Waals surface area contributed by atoms with Crippen molar-refractivity contribution in [3.05, 3.63) is 30.0 Å². The predicted molar refractivity (Wildman–Crippen MR) is 132 cm³/mol. The molecule has 0 unspecified atom stereocenters. The van der Waals surface area contributed by atoms with Gasteiger partial charge in [0.2, 0.25) is 0 Å². The number of carbonyl (C=O) groups excluding carboxylic acids is 1. The first kappa shape index (κ1) is 24.6. The number of benzene rings is 1. The highest BCUT2D eigenvalue weighted by atomic mass is 32.2. The number of hydrogen-bond acceptors (Lipinski definition) is 8. The summed E-state index contributed by atoms with van der Waals surface area (Å²) in [5, 5.41) is 12.4. The molecular formula is C23H32N6O3S. The molecule has 0 radical (unpaired) electrons. The van der Waals surface area contributed by atoms with Crippen LogP contribution in [0.4, 0.5) is 5.82 Å². The molecule has 0 saturated heterocycles. The third-order valence-corrected chi connectivity index (χ3v) is 5.32. The Morgan fingerprint density at radius 3 is 2.58 bits per heavy atom. The van der Waals surface area contributed by atoms with Crippen molar-refractivity contribution in [3.8, 4) is 11.5 Å². The molecule has 1 amide bonds. The number of thioether (sulfide) groups is 1. The maximum atomic E-state index is 12.7. The molecule has 0 fully saturated rings. The maximum Gasteiger partial charge on any atom is 0.251 e. The van der Waals surface area contributed by atoms with Crippen LogP contribution in [-0.4, -0.2) is 57.2 Å². The number of amides is 1. The molecule has 3 aromatic rings. The summed E-state index contributed by atoms with van der Waals surface area (Å²) in [7, 11) is 0. The normalized spacial score (nSPS) is 11.1. The zero-order valence-corrected chi connectivity index (χ0v) is 20.7. The van der Waals surface area contributed by atoms with Crippen LogP contribution in [0.5, 0.6) is 11.5 Å². The lowest BCUT2D eigenvalue weighted by atomic mass is 10.2. The lowest BCUT2D eigenvalue weighted by Crippen LogP contribution is -2.27. The number of hydrogen-bond donors (Lipinski definition) is 2. The van der Waals surface area contributed by atoms with Gasteiger partial charge in [-0.25, -0.2) is 14.6 Å². The molecule has 0 aliphatic carbocycles. The van der Waals surface area contributed by atoms with E-state index in [0.717, 1.165) is 22.6 Å². The highest BCUT2D eigenvalue weighted by molar-refractivity contribution is 7.99. The van der Waals surface area contributed by atoms with Gasteiger partial charge in [0.1, 0.15) is 5.82 Å². The molecule has 9 nitrogen and oxygen atoms in total. The third-order valence-electron chi connectivity index (χ3n) is 4.59. The van der Waals surface area contributed by atoms with Gasteiger partial charge in [-0.15, -0.1) is 0 Å². The van der Waals surface area contributed by atoms with Crippen molar-refractivity contribution in [3.63, 3.8) is 0 Å². The molecule has 33 heavy (non-hydrogen) atoms. The van der Waals surface area contributed by atoms with Gasteiger partial charge in [0, 0.05) is 18.2 Å². The second-order valence-electron chi connectivity index (χ2n) is 7.48. The summed E-state index contributed by atoms with van der Waals surface area (Å²) < 4.78 is 13.0. The fraction of sp³-hybridized carbons (Fsp3) is 0.478. The minimum absolute atomic E-state index is 0.186. The number of aromatic nitrogens is 4. The molecule has 0 aliphatic heterocycles. The topological polar surface area (TPSA) is 103 Å². The Morgan fingerprint density at radius 2 is 1.88 bits per heavy atom. The Morgan fingerprint density at radius 1 is 1.12 bits per heavy atom. The van der Waals surface area contributed by atoms with Crippen LogP contribution in [0.25, 0.3) is 11.0 Å². The van der Waals surface area contributed by atoms with Crippen molar-refractivity contribution >= 4 is 34.5 Å². The van der Waals surface area contributed by atoms with Gasteiger partial charge in [-0.3, -0.25) is 4.79 Å². The molecule has 0 saturated carbocycles. The molecule has 1 aromatic carbocycles. The zero-order valence-electron chi connectivity index (χ0n) is 19.8. The molecule has 0 atom stereocenters. The van der Waals surface area contributed by atoms with E-state index in [2.05, 4.69) is 46.5 Å². The van der Waals surface area contributed by atoms with Gasteiger partial charge in [0.15, 0.2) is 22.3 Å². The van der Waals surface area contributed by atoms with Crippen LogP contribution in [0.15, 0.2) is 29.6 Å². The highest BCUT2D eigenvalue weighted by Gasteiger charge is 2.15. The summed E-state index contributed by atoms with van der Waals surface area (Å²) in [5.74, 6) is 2.66. The van der Waals surface area contributed by atoms with E-state index in [4.69, 9.17) is 9.47 Å². The molecule has 0 aliphatic rings. The molecule has 0 bridgehead atoms. The number of nitrogens with one attached hydrogen (secondary N) is 2. The minimum Gasteiger partial charge on any atom is -0.490 e. The Bertz CT molecular complexity index is 1090. The quantitative estimate of drug-likeness (QED) is 0.301. The Labute approximate surface area is 198 Å². The van der Waals surface area contributed by atoms with Crippen molar-refractivity contribution in [1.82, 2.24) is 25.1 Å². The first-order valence-electron chi connectivity index (χ1n) is 11.3. The van der Waals surface area contributed by atoms with Gasteiger partial charge in [-0.05, 0) is 51.6 Å². The zero-order chi connectivity index (χ0) is 23.8. The van der Waals surface area contributed by atoms with Crippen molar-refractivity contribution in [1.29, 1.82) is 0 Å². The largest absolute Gasteiger partial charge is 0.490 e. The fourth-order valence-corrected chi connectivity index (χ4v) is 3.81. The van der Waals surface area contributed by atoms with Crippen LogP contribution in [0.1, 0.15) is 45.0 Å². The minimum atomic E-state index is -0.186. The van der Waals surface area contributed by atoms with Gasteiger partial charge < -0.3 is 20.1 Å². The van der Waals surface area contributed by atoms with E-state index < -0.39 is 0 Å². The van der Waals surface area contributed by atoms with E-state index in [1.165, 1.54) is 0 Å². The van der Waals surface area contributed by atoms with Crippen LogP contribution < -0.4 is 20.1 Å². The summed E-state index contributed by atoms with van der Waals surface area (Å²) >= 11 is 1.58. The second kappa shape index (κ2) is 11.7. The summed E-state index contributed by atoms with van der Waals surface area (Å²) in [5.41, 5.74) is 1.26. The number of ether oxygens (including phenoxy) is 2. The standard InChI is InChI=1S/C23H32N6O3S/c1-6-31-18-10-9-16(13-19(18)32-7-2)22(30)24-11-12-29-21-17(14-25-29)20(26-15(4)5)27-23(28-21)33-8-3/h9-10,13-15H,6-8,11-12H2,1-5H3,(H,24,30)(H,26,27,28). The SMILES string of the molecule is CCOc1ccc(C(=O)NCCn2ncc3c(NC(C)C)nc(SCC)nc32)cc1OCC. The van der Waals surface area contributed by atoms with E-state index in [-0.39, 0.29) is 11.9 Å². The number of rotatable bonds is 12. The third kappa shape index (κ3) is 6.28. The van der Waals surface area contributed by atoms with E-state index >= 15 is 0 Å². The molecule has 3 rings (SSSR count). The Balaban J connectivity index is 1.72. The summed E-state index contributed by atoms with van der Waals surface area (Å²) in [6, 6.07) is 5.44. The van der Waals surface area contributed by atoms with Crippen molar-refractivity contribution < 1.29 is 14.3 Å². The number of anilines is 1. The lowest BCUT2D eigenvalue weighted by Gasteiger charge is -2.13. The number of fused-ring (bicyclic) bond motifs is 1. The van der Waals surface area contributed by atoms with Gasteiger partial charge in [0.05, 0.1) is 31.3 Å². The molecule has 10 heteroatoms. The summed E-state index contributed by atoms with van der Waals surface area (Å²) in [4.78, 5) is 22.0. The first-order valence-corrected chi connectivity index (χ1v) is 12.3. The average molecular weight is 473 g/mol. The number of nitrogens with zero attached hydrogens (tertiary/aromatic N) is 4. The monoisotopic (exact) mass is 472 g/mol. The van der Waals surface area contributed by atoms with Crippen LogP contribution in [0.3, 0.4) is 0 Å². The van der Waals surface area contributed by atoms with Crippen LogP contribution in [-0.2, 0) is 6.54 Å². The lowest BCUT2D eigenvalue weighted by molar-refractivity contribution is 0.0951. The first-order chi connectivity index (χ1) is 16.0. The molecule has 2 N–H and O–H groups in total. The van der Waals surface area contributed by atoms with Crippen LogP contribution in [0.2, 0.25) is 0 Å². The second-order valence-corrected chi connectivity index (χ2v) is 8.71. The van der Waals surface area contributed by atoms with Gasteiger partial charge >= 0.3 is 0 Å². The van der Waals surface area contributed by atoms with E-state index in [9.17, 15) is 4.79 Å². The molecule has 178 valence electrons. The van der Waals surface area contributed by atoms with Gasteiger partial charge in [-0.2, -0.15) is 5.10 Å². The molecule has 2 heterocycles. The maximum absolute atomic E-state index is 12.7.